The molecule has 21 heavy (non-hydrogen) atoms. The first-order valence-electron chi connectivity index (χ1n) is 6.03. The van der Waals surface area contributed by atoms with E-state index in [4.69, 9.17) is 4.74 Å². The number of benzene rings is 2. The second kappa shape index (κ2) is 5.96. The Bertz CT molecular complexity index is 707. The number of carbonyl (C=O) groups is 2. The minimum absolute atomic E-state index is 0.0128. The molecule has 0 saturated heterocycles. The van der Waals surface area contributed by atoms with E-state index in [1.165, 1.54) is 12.1 Å². The number of rotatable bonds is 4. The number of hydrogen-bond donors (Lipinski definition) is 0. The Kier molecular flexibility index (Phi) is 4.08. The van der Waals surface area contributed by atoms with E-state index in [1.807, 2.05) is 6.92 Å². The van der Waals surface area contributed by atoms with Gasteiger partial charge in [-0.05, 0) is 25.1 Å². The first kappa shape index (κ1) is 14.4. The molecule has 106 valence electrons. The number of hydrogen-bond acceptors (Lipinski definition) is 5. The number of nitro groups is 1. The van der Waals surface area contributed by atoms with E-state index in [-0.39, 0.29) is 17.0 Å². The van der Waals surface area contributed by atoms with Gasteiger partial charge in [-0.2, -0.15) is 0 Å². The molecule has 6 heteroatoms. The van der Waals surface area contributed by atoms with E-state index < -0.39 is 10.9 Å². The van der Waals surface area contributed by atoms with Crippen molar-refractivity contribution in [3.8, 4) is 5.75 Å². The average molecular weight is 285 g/mol. The topological polar surface area (TPSA) is 86.5 Å². The normalized spacial score (nSPS) is 9.95. The van der Waals surface area contributed by atoms with Gasteiger partial charge in [0, 0.05) is 12.1 Å². The van der Waals surface area contributed by atoms with E-state index in [0.717, 1.165) is 11.6 Å². The van der Waals surface area contributed by atoms with Crippen molar-refractivity contribution in [1.82, 2.24) is 0 Å². The molecule has 0 aliphatic heterocycles. The second-order valence-corrected chi connectivity index (χ2v) is 4.35. The Morgan fingerprint density at radius 3 is 2.43 bits per heavy atom. The fourth-order valence-electron chi connectivity index (χ4n) is 1.68. The standard InChI is InChI=1S/C15H11NO5/c1-10-2-4-11(5-3-10)15(18)21-14-7-6-13(16(19)20)8-12(14)9-17/h2-9H,1H3. The maximum absolute atomic E-state index is 11.9. The highest BCUT2D eigenvalue weighted by molar-refractivity contribution is 5.92. The van der Waals surface area contributed by atoms with Gasteiger partial charge in [-0.15, -0.1) is 0 Å². The summed E-state index contributed by atoms with van der Waals surface area (Å²) in [5.41, 5.74) is 1.03. The molecule has 2 rings (SSSR count). The van der Waals surface area contributed by atoms with Crippen LogP contribution in [0.1, 0.15) is 26.3 Å². The fourth-order valence-corrected chi connectivity index (χ4v) is 1.68. The summed E-state index contributed by atoms with van der Waals surface area (Å²) >= 11 is 0. The third-order valence-electron chi connectivity index (χ3n) is 2.82. The summed E-state index contributed by atoms with van der Waals surface area (Å²) in [6.07, 6.45) is 0.407. The SMILES string of the molecule is Cc1ccc(C(=O)Oc2ccc([N+](=O)[O-])cc2C=O)cc1. The van der Waals surface area contributed by atoms with Crippen LogP contribution in [0.3, 0.4) is 0 Å². The number of esters is 1. The maximum atomic E-state index is 11.9. The Morgan fingerprint density at radius 2 is 1.86 bits per heavy atom. The maximum Gasteiger partial charge on any atom is 0.343 e. The van der Waals surface area contributed by atoms with E-state index in [0.29, 0.717) is 11.8 Å². The van der Waals surface area contributed by atoms with Gasteiger partial charge < -0.3 is 4.74 Å². The molecule has 6 nitrogen and oxygen atoms in total. The zero-order chi connectivity index (χ0) is 15.4. The summed E-state index contributed by atoms with van der Waals surface area (Å²) in [6, 6.07) is 10.2. The van der Waals surface area contributed by atoms with Gasteiger partial charge in [0.1, 0.15) is 5.75 Å². The Labute approximate surface area is 120 Å². The summed E-state index contributed by atoms with van der Waals surface area (Å²) in [5, 5.41) is 10.6. The molecule has 0 unspecified atom stereocenters. The van der Waals surface area contributed by atoms with Gasteiger partial charge in [-0.25, -0.2) is 4.79 Å². The molecule has 0 aliphatic rings. The molecule has 0 aromatic heterocycles. The molecule has 0 aliphatic carbocycles. The van der Waals surface area contributed by atoms with E-state index in [1.54, 1.807) is 24.3 Å². The van der Waals surface area contributed by atoms with Crippen LogP contribution in [0.4, 0.5) is 5.69 Å². The molecule has 0 heterocycles. The van der Waals surface area contributed by atoms with Gasteiger partial charge in [0.25, 0.3) is 5.69 Å². The first-order valence-corrected chi connectivity index (χ1v) is 6.03. The monoisotopic (exact) mass is 285 g/mol. The largest absolute Gasteiger partial charge is 0.422 e. The van der Waals surface area contributed by atoms with Crippen LogP contribution < -0.4 is 4.74 Å². The van der Waals surface area contributed by atoms with E-state index in [2.05, 4.69) is 0 Å². The number of aryl methyl sites for hydroxylation is 1. The van der Waals surface area contributed by atoms with Gasteiger partial charge in [-0.1, -0.05) is 17.7 Å². The molecule has 0 radical (unpaired) electrons. The molecule has 0 atom stereocenters. The summed E-state index contributed by atoms with van der Waals surface area (Å²) in [5.74, 6) is -0.645. The fraction of sp³-hybridized carbons (Fsp3) is 0.0667. The molecule has 0 N–H and O–H groups in total. The number of non-ortho nitro benzene ring substituents is 1. The summed E-state index contributed by atoms with van der Waals surface area (Å²) in [6.45, 7) is 1.88. The zero-order valence-corrected chi connectivity index (χ0v) is 11.1. The van der Waals surface area contributed by atoms with Crippen LogP contribution in [0.25, 0.3) is 0 Å². The lowest BCUT2D eigenvalue weighted by Gasteiger charge is -2.06. The lowest BCUT2D eigenvalue weighted by molar-refractivity contribution is -0.384. The molecule has 2 aromatic rings. The van der Waals surface area contributed by atoms with Crippen molar-refractivity contribution < 1.29 is 19.2 Å². The number of ether oxygens (including phenoxy) is 1. The minimum atomic E-state index is -0.632. The summed E-state index contributed by atoms with van der Waals surface area (Å²) in [4.78, 5) is 32.9. The predicted molar refractivity (Wildman–Crippen MR) is 74.6 cm³/mol. The Hall–Kier alpha value is -3.02. The highest BCUT2D eigenvalue weighted by Gasteiger charge is 2.15. The van der Waals surface area contributed by atoms with Crippen LogP contribution in [-0.2, 0) is 0 Å². The molecule has 0 amide bonds. The average Bonchev–Trinajstić information content (AvgIpc) is 2.48. The van der Waals surface area contributed by atoms with Crippen LogP contribution >= 0.6 is 0 Å². The third kappa shape index (κ3) is 3.30. The van der Waals surface area contributed by atoms with E-state index in [9.17, 15) is 19.7 Å². The lowest BCUT2D eigenvalue weighted by atomic mass is 10.1. The molecular weight excluding hydrogens is 274 g/mol. The van der Waals surface area contributed by atoms with Gasteiger partial charge >= 0.3 is 5.97 Å². The zero-order valence-electron chi connectivity index (χ0n) is 11.1. The Balaban J connectivity index is 2.26. The van der Waals surface area contributed by atoms with Crippen LogP contribution in [0.5, 0.6) is 5.75 Å². The summed E-state index contributed by atoms with van der Waals surface area (Å²) in [7, 11) is 0. The highest BCUT2D eigenvalue weighted by Crippen LogP contribution is 2.23. The molecule has 2 aromatic carbocycles. The van der Waals surface area contributed by atoms with Gasteiger partial charge in [0.2, 0.25) is 0 Å². The summed E-state index contributed by atoms with van der Waals surface area (Å²) < 4.78 is 5.10. The molecule has 0 bridgehead atoms. The van der Waals surface area contributed by atoms with Gasteiger partial charge in [0.05, 0.1) is 16.1 Å². The smallest absolute Gasteiger partial charge is 0.343 e. The van der Waals surface area contributed by atoms with E-state index >= 15 is 0 Å². The van der Waals surface area contributed by atoms with Gasteiger partial charge in [0.15, 0.2) is 6.29 Å². The van der Waals surface area contributed by atoms with Crippen LogP contribution in [0.2, 0.25) is 0 Å². The van der Waals surface area contributed by atoms with Crippen molar-refractivity contribution in [3.05, 3.63) is 69.3 Å². The molecule has 0 spiro atoms. The van der Waals surface area contributed by atoms with Crippen molar-refractivity contribution in [1.29, 1.82) is 0 Å². The number of nitrogens with zero attached hydrogens (tertiary/aromatic N) is 1. The van der Waals surface area contributed by atoms with Crippen molar-refractivity contribution >= 4 is 17.9 Å². The van der Waals surface area contributed by atoms with Crippen molar-refractivity contribution in [2.24, 2.45) is 0 Å². The first-order chi connectivity index (χ1) is 10.0. The number of nitro benzene ring substituents is 1. The van der Waals surface area contributed by atoms with Crippen molar-refractivity contribution in [3.63, 3.8) is 0 Å². The van der Waals surface area contributed by atoms with Gasteiger partial charge in [-0.3, -0.25) is 14.9 Å². The van der Waals surface area contributed by atoms with Crippen molar-refractivity contribution in [2.45, 2.75) is 6.92 Å². The van der Waals surface area contributed by atoms with Crippen LogP contribution in [0, 0.1) is 17.0 Å². The number of carbonyl (C=O) groups excluding carboxylic acids is 2. The quantitative estimate of drug-likeness (QED) is 0.283. The van der Waals surface area contributed by atoms with Crippen molar-refractivity contribution in [2.75, 3.05) is 0 Å². The lowest BCUT2D eigenvalue weighted by Crippen LogP contribution is -2.10. The van der Waals surface area contributed by atoms with Crippen LogP contribution in [0.15, 0.2) is 42.5 Å². The molecular formula is C15H11NO5. The number of aldehydes is 1. The predicted octanol–water partition coefficient (Wildman–Crippen LogP) is 2.93. The Morgan fingerprint density at radius 1 is 1.19 bits per heavy atom. The molecule has 0 saturated carbocycles. The molecule has 0 fully saturated rings. The second-order valence-electron chi connectivity index (χ2n) is 4.35. The minimum Gasteiger partial charge on any atom is -0.422 e. The highest BCUT2D eigenvalue weighted by atomic mass is 16.6. The van der Waals surface area contributed by atoms with Crippen LogP contribution in [-0.4, -0.2) is 17.2 Å². The third-order valence-corrected chi connectivity index (χ3v) is 2.82.